The zero-order valence-corrected chi connectivity index (χ0v) is 27.7. The zero-order chi connectivity index (χ0) is 33.9. The number of imide groups is 1. The zero-order valence-electron chi connectivity index (χ0n) is 27.7. The molecule has 0 N–H and O–H groups in total. The number of hydrogen-bond acceptors (Lipinski definition) is 2. The monoisotopic (exact) mass is 644 g/mol. The van der Waals surface area contributed by atoms with Crippen molar-refractivity contribution in [2.75, 3.05) is 4.90 Å². The Kier molecular flexibility index (Phi) is 6.85. The van der Waals surface area contributed by atoms with Crippen LogP contribution in [-0.2, 0) is 0 Å². The molecule has 238 valence electrons. The van der Waals surface area contributed by atoms with Crippen LogP contribution in [0, 0.1) is 13.8 Å². The van der Waals surface area contributed by atoms with E-state index in [0.717, 1.165) is 66.3 Å². The Labute approximate surface area is 290 Å². The van der Waals surface area contributed by atoms with Crippen LogP contribution in [0.5, 0.6) is 0 Å². The minimum atomic E-state index is -0.333. The van der Waals surface area contributed by atoms with Crippen molar-refractivity contribution in [2.24, 2.45) is 0 Å². The number of amides is 2. The lowest BCUT2D eigenvalue weighted by molar-refractivity contribution is 0.0926. The van der Waals surface area contributed by atoms with Crippen molar-refractivity contribution >= 4 is 39.3 Å². The van der Waals surface area contributed by atoms with Gasteiger partial charge in [0.05, 0.1) is 33.5 Å². The summed E-state index contributed by atoms with van der Waals surface area (Å²) in [6.45, 7) is 4.20. The van der Waals surface area contributed by atoms with Gasteiger partial charge in [-0.25, -0.2) is 4.90 Å². The molecule has 9 rings (SSSR count). The predicted octanol–water partition coefficient (Wildman–Crippen LogP) is 11.2. The molecule has 2 heterocycles. The predicted molar refractivity (Wildman–Crippen MR) is 204 cm³/mol. The van der Waals surface area contributed by atoms with Crippen molar-refractivity contribution in [3.63, 3.8) is 0 Å². The van der Waals surface area contributed by atoms with Crippen LogP contribution < -0.4 is 4.90 Å². The van der Waals surface area contributed by atoms with E-state index in [4.69, 9.17) is 0 Å². The number of carbonyl (C=O) groups excluding carboxylic acids is 2. The number of fused-ring (bicyclic) bond motifs is 4. The minimum absolute atomic E-state index is 0.325. The van der Waals surface area contributed by atoms with Crippen molar-refractivity contribution < 1.29 is 9.59 Å². The molecule has 0 radical (unpaired) electrons. The average molecular weight is 645 g/mol. The molecule has 0 atom stereocenters. The highest BCUT2D eigenvalue weighted by atomic mass is 16.2. The molecule has 7 aromatic carbocycles. The van der Waals surface area contributed by atoms with Gasteiger partial charge in [0.25, 0.3) is 11.8 Å². The third-order valence-corrected chi connectivity index (χ3v) is 9.83. The van der Waals surface area contributed by atoms with Crippen LogP contribution in [0.25, 0.3) is 60.9 Å². The van der Waals surface area contributed by atoms with Gasteiger partial charge in [0.15, 0.2) is 0 Å². The third kappa shape index (κ3) is 4.53. The average Bonchev–Trinajstić information content (AvgIpc) is 3.62. The summed E-state index contributed by atoms with van der Waals surface area (Å²) in [6.07, 6.45) is 0. The van der Waals surface area contributed by atoms with Crippen LogP contribution in [0.4, 0.5) is 5.69 Å². The van der Waals surface area contributed by atoms with Crippen molar-refractivity contribution in [3.05, 3.63) is 180 Å². The second kappa shape index (κ2) is 11.6. The number of para-hydroxylation sites is 3. The lowest BCUT2D eigenvalue weighted by atomic mass is 9.99. The molecule has 0 spiro atoms. The van der Waals surface area contributed by atoms with Gasteiger partial charge in [-0.3, -0.25) is 9.59 Å². The van der Waals surface area contributed by atoms with Crippen LogP contribution in [0.2, 0.25) is 0 Å². The molecule has 0 aliphatic carbocycles. The van der Waals surface area contributed by atoms with E-state index in [1.54, 1.807) is 6.07 Å². The minimum Gasteiger partial charge on any atom is -0.307 e. The van der Waals surface area contributed by atoms with Crippen LogP contribution in [0.3, 0.4) is 0 Å². The summed E-state index contributed by atoms with van der Waals surface area (Å²) in [6, 6.07) is 53.1. The standard InChI is InChI=1S/C46H32N2O2/c1-29-13-8-17-32(27-29)35-20-10-22-37-38-23-11-21-36(33-18-9-14-30(2)28-33)44(38)47(43(35)37)41-26-12-24-39-42(41)46(50)48(45(39)49)40-25-7-6-19-34(40)31-15-4-3-5-16-31/h3-28H,1-2H3. The van der Waals surface area contributed by atoms with E-state index in [9.17, 15) is 9.59 Å². The van der Waals surface area contributed by atoms with Crippen molar-refractivity contribution in [1.29, 1.82) is 0 Å². The topological polar surface area (TPSA) is 42.3 Å². The largest absolute Gasteiger partial charge is 0.307 e. The number of nitrogens with zero attached hydrogens (tertiary/aromatic N) is 2. The molecule has 1 aliphatic rings. The molecule has 0 saturated heterocycles. The summed E-state index contributed by atoms with van der Waals surface area (Å²) in [5, 5.41) is 2.16. The first-order valence-corrected chi connectivity index (χ1v) is 16.9. The first-order chi connectivity index (χ1) is 24.5. The van der Waals surface area contributed by atoms with Gasteiger partial charge in [-0.15, -0.1) is 0 Å². The molecule has 0 unspecified atom stereocenters. The summed E-state index contributed by atoms with van der Waals surface area (Å²) in [4.78, 5) is 30.6. The maximum absolute atomic E-state index is 14.9. The maximum Gasteiger partial charge on any atom is 0.268 e. The van der Waals surface area contributed by atoms with Gasteiger partial charge in [-0.1, -0.05) is 151 Å². The molecule has 1 aliphatic heterocycles. The maximum atomic E-state index is 14.9. The highest BCUT2D eigenvalue weighted by Crippen LogP contribution is 2.45. The Balaban J connectivity index is 1.36. The fourth-order valence-corrected chi connectivity index (χ4v) is 7.65. The van der Waals surface area contributed by atoms with E-state index in [1.165, 1.54) is 4.90 Å². The highest BCUT2D eigenvalue weighted by Gasteiger charge is 2.40. The van der Waals surface area contributed by atoms with Crippen molar-refractivity contribution in [1.82, 2.24) is 4.57 Å². The van der Waals surface area contributed by atoms with E-state index in [0.29, 0.717) is 22.5 Å². The number of aryl methyl sites for hydroxylation is 2. The molecule has 0 bridgehead atoms. The first kappa shape index (κ1) is 29.6. The lowest BCUT2D eigenvalue weighted by Crippen LogP contribution is -2.30. The summed E-state index contributed by atoms with van der Waals surface area (Å²) in [7, 11) is 0. The van der Waals surface area contributed by atoms with Gasteiger partial charge in [0.2, 0.25) is 0 Å². The van der Waals surface area contributed by atoms with Crippen LogP contribution in [0.15, 0.2) is 158 Å². The summed E-state index contributed by atoms with van der Waals surface area (Å²) >= 11 is 0. The van der Waals surface area contributed by atoms with Crippen LogP contribution in [-0.4, -0.2) is 16.4 Å². The fraction of sp³-hybridized carbons (Fsp3) is 0.0435. The highest BCUT2D eigenvalue weighted by molar-refractivity contribution is 6.36. The number of rotatable bonds is 5. The summed E-state index contributed by atoms with van der Waals surface area (Å²) in [5.74, 6) is -0.658. The smallest absolute Gasteiger partial charge is 0.268 e. The molecular weight excluding hydrogens is 613 g/mol. The summed E-state index contributed by atoms with van der Waals surface area (Å²) < 4.78 is 2.23. The Bertz CT molecular complexity index is 2560. The third-order valence-electron chi connectivity index (χ3n) is 9.83. The normalized spacial score (nSPS) is 12.6. The number of benzene rings is 7. The quantitative estimate of drug-likeness (QED) is 0.175. The van der Waals surface area contributed by atoms with Gasteiger partial charge < -0.3 is 4.57 Å². The van der Waals surface area contributed by atoms with E-state index in [2.05, 4.69) is 103 Å². The van der Waals surface area contributed by atoms with Gasteiger partial charge in [0.1, 0.15) is 0 Å². The SMILES string of the molecule is Cc1cccc(-c2cccc3c4cccc(-c5cccc(C)c5)c4n(-c4cccc5c4C(=O)N(c4ccccc4-c4ccccc4)C5=O)c23)c1. The Morgan fingerprint density at radius 3 is 1.50 bits per heavy atom. The van der Waals surface area contributed by atoms with Gasteiger partial charge in [-0.05, 0) is 48.7 Å². The number of hydrogen-bond donors (Lipinski definition) is 0. The summed E-state index contributed by atoms with van der Waals surface area (Å²) in [5.41, 5.74) is 12.4. The molecule has 4 nitrogen and oxygen atoms in total. The Morgan fingerprint density at radius 1 is 0.400 bits per heavy atom. The molecule has 0 fully saturated rings. The van der Waals surface area contributed by atoms with E-state index < -0.39 is 0 Å². The number of aromatic nitrogens is 1. The van der Waals surface area contributed by atoms with E-state index >= 15 is 0 Å². The number of anilines is 1. The molecule has 4 heteroatoms. The molecule has 0 saturated carbocycles. The second-order valence-electron chi connectivity index (χ2n) is 13.0. The molecule has 8 aromatic rings. The molecule has 2 amide bonds. The second-order valence-corrected chi connectivity index (χ2v) is 13.0. The van der Waals surface area contributed by atoms with E-state index in [1.807, 2.05) is 66.7 Å². The van der Waals surface area contributed by atoms with Crippen molar-refractivity contribution in [2.45, 2.75) is 13.8 Å². The molecule has 50 heavy (non-hydrogen) atoms. The Hall–Kier alpha value is -6.52. The van der Waals surface area contributed by atoms with Crippen LogP contribution >= 0.6 is 0 Å². The van der Waals surface area contributed by atoms with Gasteiger partial charge >= 0.3 is 0 Å². The molecular formula is C46H32N2O2. The van der Waals surface area contributed by atoms with E-state index in [-0.39, 0.29) is 11.8 Å². The first-order valence-electron chi connectivity index (χ1n) is 16.9. The van der Waals surface area contributed by atoms with Crippen LogP contribution in [0.1, 0.15) is 31.8 Å². The van der Waals surface area contributed by atoms with Crippen molar-refractivity contribution in [3.8, 4) is 39.1 Å². The van der Waals surface area contributed by atoms with Gasteiger partial charge in [-0.2, -0.15) is 0 Å². The lowest BCUT2D eigenvalue weighted by Gasteiger charge is -2.19. The number of carbonyl (C=O) groups is 2. The van der Waals surface area contributed by atoms with Gasteiger partial charge in [0, 0.05) is 27.5 Å². The molecule has 1 aromatic heterocycles. The Morgan fingerprint density at radius 2 is 0.880 bits per heavy atom. The fourth-order valence-electron chi connectivity index (χ4n) is 7.65.